The Bertz CT molecular complexity index is 1110. The molecule has 14 heteroatoms. The van der Waals surface area contributed by atoms with Gasteiger partial charge in [0, 0.05) is 38.1 Å². The summed E-state index contributed by atoms with van der Waals surface area (Å²) in [5, 5.41) is 61.0. The zero-order chi connectivity index (χ0) is 38.8. The highest BCUT2D eigenvalue weighted by Gasteiger charge is 2.52. The van der Waals surface area contributed by atoms with Gasteiger partial charge in [0.05, 0.1) is 41.5 Å². The van der Waals surface area contributed by atoms with E-state index in [4.69, 9.17) is 28.4 Å². The summed E-state index contributed by atoms with van der Waals surface area (Å²) in [6.45, 7) is 18.0. The van der Waals surface area contributed by atoms with Crippen LogP contribution in [0.5, 0.6) is 0 Å². The van der Waals surface area contributed by atoms with Gasteiger partial charge < -0.3 is 64.2 Å². The normalized spacial score (nSPS) is 50.2. The number of nitrogens with one attached hydrogen (secondary N) is 1. The molecule has 0 aliphatic carbocycles. The fourth-order valence-corrected chi connectivity index (χ4v) is 8.53. The molecule has 3 aliphatic rings. The number of ether oxygens (including phenoxy) is 6. The highest BCUT2D eigenvalue weighted by molar-refractivity contribution is 5.73. The number of carbonyl (C=O) groups excluding carboxylic acids is 1. The predicted octanol–water partition coefficient (Wildman–Crippen LogP) is 1.56. The minimum Gasteiger partial charge on any atom is -0.459 e. The molecular formula is C37H70N2O12. The van der Waals surface area contributed by atoms with E-state index in [0.29, 0.717) is 13.0 Å². The molecule has 0 aromatic rings. The number of hydrogen-bond acceptors (Lipinski definition) is 14. The van der Waals surface area contributed by atoms with Crippen molar-refractivity contribution in [3.05, 3.63) is 0 Å². The van der Waals surface area contributed by atoms with Crippen LogP contribution in [0.1, 0.15) is 94.9 Å². The van der Waals surface area contributed by atoms with Crippen LogP contribution in [0.15, 0.2) is 0 Å². The van der Waals surface area contributed by atoms with Crippen LogP contribution in [0.2, 0.25) is 0 Å². The summed E-state index contributed by atoms with van der Waals surface area (Å²) in [4.78, 5) is 16.1. The Labute approximate surface area is 305 Å². The molecule has 3 heterocycles. The quantitative estimate of drug-likeness (QED) is 0.207. The van der Waals surface area contributed by atoms with Crippen LogP contribution in [-0.2, 0) is 33.2 Å². The largest absolute Gasteiger partial charge is 0.459 e. The molecule has 0 saturated carbocycles. The van der Waals surface area contributed by atoms with Gasteiger partial charge in [-0.25, -0.2) is 0 Å². The first-order valence-electron chi connectivity index (χ1n) is 18.8. The number of rotatable bonds is 7. The van der Waals surface area contributed by atoms with Gasteiger partial charge in [-0.1, -0.05) is 20.8 Å². The smallest absolute Gasteiger partial charge is 0.311 e. The van der Waals surface area contributed by atoms with Crippen molar-refractivity contribution >= 4 is 5.97 Å². The lowest BCUT2D eigenvalue weighted by Gasteiger charge is -2.48. The summed E-state index contributed by atoms with van der Waals surface area (Å²) in [5.74, 6) is -2.59. The highest BCUT2D eigenvalue weighted by Crippen LogP contribution is 2.40. The minimum atomic E-state index is -1.80. The molecule has 0 spiro atoms. The SMILES string of the molecule is CC[C@H]1OC(=O)[C@H](C)C(O[C@H]2C[C@@](C)(OC)[C@@H](O)[C@H](C)O2)[C@H](C)[C@@H](O[C@@H]2O[C@H](C)C[C@H](NC)[C@H]2O)[C@](C)(O)C[C@@H](C)CN(C)[C@H](C)[C@@H](O)[C@]1(C)O. The summed E-state index contributed by atoms with van der Waals surface area (Å²) >= 11 is 0. The zero-order valence-corrected chi connectivity index (χ0v) is 33.2. The van der Waals surface area contributed by atoms with E-state index in [0.717, 1.165) is 0 Å². The van der Waals surface area contributed by atoms with Gasteiger partial charge in [0.2, 0.25) is 0 Å². The summed E-state index contributed by atoms with van der Waals surface area (Å²) in [6, 6.07) is -0.858. The number of aliphatic hydroxyl groups is 5. The fraction of sp³-hybridized carbons (Fsp3) is 0.973. The molecule has 14 nitrogen and oxygen atoms in total. The predicted molar refractivity (Wildman–Crippen MR) is 190 cm³/mol. The maximum atomic E-state index is 14.2. The van der Waals surface area contributed by atoms with Gasteiger partial charge in [-0.15, -0.1) is 0 Å². The van der Waals surface area contributed by atoms with Crippen molar-refractivity contribution in [2.45, 2.75) is 185 Å². The average Bonchev–Trinajstić information content (AvgIpc) is 3.05. The fourth-order valence-electron chi connectivity index (χ4n) is 8.53. The van der Waals surface area contributed by atoms with Gasteiger partial charge in [-0.05, 0) is 87.7 Å². The number of esters is 1. The molecule has 0 aromatic carbocycles. The average molecular weight is 735 g/mol. The van der Waals surface area contributed by atoms with E-state index in [-0.39, 0.29) is 37.3 Å². The summed E-state index contributed by atoms with van der Waals surface area (Å²) in [6.07, 6.45) is -8.24. The third kappa shape index (κ3) is 10.0. The maximum absolute atomic E-state index is 14.2. The Morgan fingerprint density at radius 1 is 0.961 bits per heavy atom. The van der Waals surface area contributed by atoms with Gasteiger partial charge in [-0.3, -0.25) is 4.79 Å². The van der Waals surface area contributed by atoms with Crippen LogP contribution in [0.4, 0.5) is 0 Å². The molecule has 51 heavy (non-hydrogen) atoms. The second kappa shape index (κ2) is 17.6. The third-order valence-electron chi connectivity index (χ3n) is 11.9. The summed E-state index contributed by atoms with van der Waals surface area (Å²) in [5.41, 5.74) is -4.37. The van der Waals surface area contributed by atoms with E-state index >= 15 is 0 Å². The van der Waals surface area contributed by atoms with E-state index in [9.17, 15) is 30.3 Å². The van der Waals surface area contributed by atoms with Crippen LogP contribution >= 0.6 is 0 Å². The van der Waals surface area contributed by atoms with Gasteiger partial charge in [-0.2, -0.15) is 0 Å². The van der Waals surface area contributed by atoms with Crippen molar-refractivity contribution in [1.29, 1.82) is 0 Å². The van der Waals surface area contributed by atoms with Crippen molar-refractivity contribution < 1.29 is 58.7 Å². The Balaban J connectivity index is 2.16. The Hall–Kier alpha value is -1.01. The standard InChI is InChI=1S/C37H70N2O12/c1-14-26-37(10,45)30(41)23(6)39(12)18-19(2)16-35(8,44)32(51-34-28(40)25(38-11)15-20(3)47-34)21(4)29(22(5)33(43)49-26)50-27-17-36(9,46-13)31(42)24(7)48-27/h19-32,34,38,40-42,44-45H,14-18H2,1-13H3/t19-,20-,21+,22-,23-,24+,25+,26-,27+,28-,29?,30-,31+,32-,34+,35-,36-,37-/m1/s1. The molecule has 3 aliphatic heterocycles. The topological polar surface area (TPSA) is 189 Å². The molecule has 0 radical (unpaired) electrons. The molecule has 0 amide bonds. The molecule has 300 valence electrons. The molecule has 0 bridgehead atoms. The van der Waals surface area contributed by atoms with Crippen molar-refractivity contribution in [3.8, 4) is 0 Å². The van der Waals surface area contributed by atoms with E-state index in [1.807, 2.05) is 32.7 Å². The van der Waals surface area contributed by atoms with E-state index in [1.54, 1.807) is 48.6 Å². The number of cyclic esters (lactones) is 1. The van der Waals surface area contributed by atoms with Gasteiger partial charge in [0.15, 0.2) is 12.6 Å². The highest BCUT2D eigenvalue weighted by atomic mass is 16.7. The second-order valence-electron chi connectivity index (χ2n) is 16.5. The van der Waals surface area contributed by atoms with Crippen LogP contribution in [0.3, 0.4) is 0 Å². The first kappa shape index (κ1) is 44.4. The monoisotopic (exact) mass is 734 g/mol. The molecule has 3 saturated heterocycles. The molecule has 3 rings (SSSR count). The van der Waals surface area contributed by atoms with Gasteiger partial charge in [0.1, 0.15) is 30.0 Å². The summed E-state index contributed by atoms with van der Waals surface area (Å²) in [7, 11) is 5.10. The number of carbonyl (C=O) groups is 1. The molecule has 1 unspecified atom stereocenters. The first-order valence-corrected chi connectivity index (χ1v) is 18.8. The Kier molecular flexibility index (Phi) is 15.3. The van der Waals surface area contributed by atoms with Crippen molar-refractivity contribution in [2.75, 3.05) is 27.7 Å². The lowest BCUT2D eigenvalue weighted by Crippen LogP contribution is -2.60. The first-order chi connectivity index (χ1) is 23.5. The molecule has 3 fully saturated rings. The van der Waals surface area contributed by atoms with E-state index in [2.05, 4.69) is 5.32 Å². The van der Waals surface area contributed by atoms with Crippen LogP contribution in [0, 0.1) is 17.8 Å². The second-order valence-corrected chi connectivity index (χ2v) is 16.5. The summed E-state index contributed by atoms with van der Waals surface area (Å²) < 4.78 is 37.3. The van der Waals surface area contributed by atoms with Gasteiger partial charge >= 0.3 is 5.97 Å². The number of methoxy groups -OCH3 is 1. The number of likely N-dealkylation sites (N-methyl/N-ethyl adjacent to an activating group) is 2. The van der Waals surface area contributed by atoms with Crippen molar-refractivity contribution in [3.63, 3.8) is 0 Å². The van der Waals surface area contributed by atoms with Gasteiger partial charge in [0.25, 0.3) is 0 Å². The van der Waals surface area contributed by atoms with Crippen LogP contribution in [0.25, 0.3) is 0 Å². The number of nitrogens with zero attached hydrogens (tertiary/aromatic N) is 1. The van der Waals surface area contributed by atoms with Crippen molar-refractivity contribution in [2.24, 2.45) is 17.8 Å². The molecule has 18 atom stereocenters. The molecule has 0 aromatic heterocycles. The van der Waals surface area contributed by atoms with E-state index in [1.165, 1.54) is 14.0 Å². The maximum Gasteiger partial charge on any atom is 0.311 e. The Morgan fingerprint density at radius 2 is 1.59 bits per heavy atom. The number of aliphatic hydroxyl groups excluding tert-OH is 3. The zero-order valence-electron chi connectivity index (χ0n) is 33.2. The molecular weight excluding hydrogens is 664 g/mol. The third-order valence-corrected chi connectivity index (χ3v) is 11.9. The lowest BCUT2D eigenvalue weighted by atomic mass is 9.77. The van der Waals surface area contributed by atoms with Crippen LogP contribution < -0.4 is 5.32 Å². The van der Waals surface area contributed by atoms with Crippen LogP contribution in [-0.4, -0.2) is 154 Å². The number of hydrogen-bond donors (Lipinski definition) is 6. The molecule has 6 N–H and O–H groups in total. The lowest BCUT2D eigenvalue weighted by molar-refractivity contribution is -0.316. The van der Waals surface area contributed by atoms with E-state index < -0.39 is 96.0 Å². The minimum absolute atomic E-state index is 0.132. The van der Waals surface area contributed by atoms with Crippen molar-refractivity contribution in [1.82, 2.24) is 10.2 Å². The Morgan fingerprint density at radius 3 is 2.16 bits per heavy atom.